The van der Waals surface area contributed by atoms with Crippen LogP contribution < -0.4 is 5.32 Å². The van der Waals surface area contributed by atoms with Crippen LogP contribution in [0.2, 0.25) is 0 Å². The van der Waals surface area contributed by atoms with Gasteiger partial charge in [0.05, 0.1) is 5.03 Å². The van der Waals surface area contributed by atoms with Crippen LogP contribution >= 0.6 is 11.8 Å². The number of aromatic nitrogens is 1. The Morgan fingerprint density at radius 3 is 2.40 bits per heavy atom. The summed E-state index contributed by atoms with van der Waals surface area (Å²) >= 11 is 1.32. The zero-order valence-electron chi connectivity index (χ0n) is 8.21. The van der Waals surface area contributed by atoms with Crippen molar-refractivity contribution < 1.29 is 4.79 Å². The molecule has 1 heterocycles. The van der Waals surface area contributed by atoms with Gasteiger partial charge in [-0.15, -0.1) is 11.8 Å². The minimum Gasteiger partial charge on any atom is -0.334 e. The fourth-order valence-corrected chi connectivity index (χ4v) is 1.67. The molecule has 0 unspecified atom stereocenters. The van der Waals surface area contributed by atoms with Crippen molar-refractivity contribution in [3.8, 4) is 12.1 Å². The maximum atomic E-state index is 10.8. The number of carbonyl (C=O) groups excluding carboxylic acids is 1. The molecular weight excluding hydrogens is 212 g/mol. The molecule has 2 N–H and O–H groups in total. The normalized spacial score (nSPS) is 9.07. The molecule has 0 aliphatic heterocycles. The first-order valence-corrected chi connectivity index (χ1v) is 5.24. The largest absolute Gasteiger partial charge is 0.334 e. The Hall–Kier alpha value is -1.92. The summed E-state index contributed by atoms with van der Waals surface area (Å²) in [5.74, 6) is -0.00390. The maximum absolute atomic E-state index is 10.8. The van der Waals surface area contributed by atoms with Crippen molar-refractivity contribution in [2.45, 2.75) is 11.9 Å². The van der Waals surface area contributed by atoms with Crippen LogP contribution in [0.1, 0.15) is 18.1 Å². The predicted octanol–water partition coefficient (Wildman–Crippen LogP) is 1.44. The third kappa shape index (κ3) is 2.12. The average molecular weight is 220 g/mol. The Balaban J connectivity index is 3.30. The molecule has 1 rings (SSSR count). The van der Waals surface area contributed by atoms with E-state index in [-0.39, 0.29) is 22.9 Å². The minimum absolute atomic E-state index is 0.178. The molecule has 0 saturated heterocycles. The minimum atomic E-state index is -0.287. The molecule has 0 atom stereocenters. The number of nitrogens with one attached hydrogen (secondary N) is 2. The average Bonchev–Trinajstić information content (AvgIpc) is 2.53. The van der Waals surface area contributed by atoms with Crippen molar-refractivity contribution in [3.05, 3.63) is 11.1 Å². The Labute approximate surface area is 91.1 Å². The Morgan fingerprint density at radius 2 is 2.00 bits per heavy atom. The molecule has 0 fully saturated rings. The fraction of sp³-hybridized carbons (Fsp3) is 0.222. The second kappa shape index (κ2) is 4.54. The summed E-state index contributed by atoms with van der Waals surface area (Å²) in [6.45, 7) is 1.34. The van der Waals surface area contributed by atoms with Crippen LogP contribution in [0.25, 0.3) is 0 Å². The predicted molar refractivity (Wildman–Crippen MR) is 56.3 cm³/mol. The van der Waals surface area contributed by atoms with Crippen LogP contribution in [-0.2, 0) is 4.79 Å². The molecule has 6 heteroatoms. The van der Waals surface area contributed by atoms with Crippen molar-refractivity contribution in [3.63, 3.8) is 0 Å². The summed E-state index contributed by atoms with van der Waals surface area (Å²) < 4.78 is 0. The van der Waals surface area contributed by atoms with Crippen molar-refractivity contribution in [2.24, 2.45) is 0 Å². The van der Waals surface area contributed by atoms with E-state index in [1.54, 1.807) is 6.26 Å². The lowest BCUT2D eigenvalue weighted by molar-refractivity contribution is -0.114. The molecule has 1 amide bonds. The molecule has 0 bridgehead atoms. The SMILES string of the molecule is CSc1[nH]c(NC(C)=O)c(C#N)c1C#N. The summed E-state index contributed by atoms with van der Waals surface area (Å²) in [5, 5.41) is 20.8. The Morgan fingerprint density at radius 1 is 1.40 bits per heavy atom. The van der Waals surface area contributed by atoms with E-state index >= 15 is 0 Å². The Kier molecular flexibility index (Phi) is 3.37. The van der Waals surface area contributed by atoms with E-state index in [0.717, 1.165) is 0 Å². The van der Waals surface area contributed by atoms with Gasteiger partial charge in [0.15, 0.2) is 0 Å². The van der Waals surface area contributed by atoms with Gasteiger partial charge < -0.3 is 10.3 Å². The quantitative estimate of drug-likeness (QED) is 0.737. The number of aromatic amines is 1. The van der Waals surface area contributed by atoms with Gasteiger partial charge in [-0.05, 0) is 6.26 Å². The number of hydrogen-bond acceptors (Lipinski definition) is 4. The number of nitrogens with zero attached hydrogens (tertiary/aromatic N) is 2. The summed E-state index contributed by atoms with van der Waals surface area (Å²) in [7, 11) is 0. The number of nitriles is 2. The molecule has 76 valence electrons. The highest BCUT2D eigenvalue weighted by molar-refractivity contribution is 7.98. The van der Waals surface area contributed by atoms with E-state index in [4.69, 9.17) is 10.5 Å². The molecule has 15 heavy (non-hydrogen) atoms. The third-order valence-electron chi connectivity index (χ3n) is 1.69. The standard InChI is InChI=1S/C9H8N4OS/c1-5(14)12-8-6(3-10)7(4-11)9(13-8)15-2/h13H,1-2H3,(H,12,14). The summed E-state index contributed by atoms with van der Waals surface area (Å²) in [4.78, 5) is 13.7. The van der Waals surface area contributed by atoms with E-state index < -0.39 is 0 Å². The molecular formula is C9H8N4OS. The Bertz CT molecular complexity index is 478. The van der Waals surface area contributed by atoms with Gasteiger partial charge in [-0.3, -0.25) is 4.79 Å². The van der Waals surface area contributed by atoms with Crippen LogP contribution in [0, 0.1) is 22.7 Å². The zero-order valence-corrected chi connectivity index (χ0v) is 9.03. The molecule has 0 aromatic carbocycles. The molecule has 1 aromatic rings. The lowest BCUT2D eigenvalue weighted by Gasteiger charge is -1.97. The van der Waals surface area contributed by atoms with Gasteiger partial charge in [-0.1, -0.05) is 0 Å². The van der Waals surface area contributed by atoms with Crippen LogP contribution in [-0.4, -0.2) is 17.1 Å². The molecule has 0 aliphatic rings. The van der Waals surface area contributed by atoms with Gasteiger partial charge >= 0.3 is 0 Å². The van der Waals surface area contributed by atoms with Gasteiger partial charge in [-0.25, -0.2) is 0 Å². The fourth-order valence-electron chi connectivity index (χ4n) is 1.12. The van der Waals surface area contributed by atoms with E-state index in [2.05, 4.69) is 10.3 Å². The van der Waals surface area contributed by atoms with Gasteiger partial charge in [0, 0.05) is 6.92 Å². The molecule has 5 nitrogen and oxygen atoms in total. The van der Waals surface area contributed by atoms with Gasteiger partial charge in [-0.2, -0.15) is 10.5 Å². The lowest BCUT2D eigenvalue weighted by atomic mass is 10.2. The second-order valence-electron chi connectivity index (χ2n) is 2.69. The van der Waals surface area contributed by atoms with Crippen LogP contribution in [0.5, 0.6) is 0 Å². The second-order valence-corrected chi connectivity index (χ2v) is 3.50. The number of amides is 1. The molecule has 0 saturated carbocycles. The van der Waals surface area contributed by atoms with Crippen molar-refractivity contribution >= 4 is 23.5 Å². The smallest absolute Gasteiger partial charge is 0.222 e. The zero-order chi connectivity index (χ0) is 11.4. The highest BCUT2D eigenvalue weighted by Gasteiger charge is 2.17. The number of H-pyrrole nitrogens is 1. The first-order chi connectivity index (χ1) is 7.13. The topological polar surface area (TPSA) is 92.5 Å². The third-order valence-corrected chi connectivity index (χ3v) is 2.41. The van der Waals surface area contributed by atoms with E-state index in [1.165, 1.54) is 18.7 Å². The molecule has 0 spiro atoms. The maximum Gasteiger partial charge on any atom is 0.222 e. The van der Waals surface area contributed by atoms with E-state index in [1.807, 2.05) is 12.1 Å². The van der Waals surface area contributed by atoms with Gasteiger partial charge in [0.2, 0.25) is 5.91 Å². The lowest BCUT2D eigenvalue weighted by Crippen LogP contribution is -2.07. The van der Waals surface area contributed by atoms with Crippen molar-refractivity contribution in [1.82, 2.24) is 4.98 Å². The molecule has 0 radical (unpaired) electrons. The first kappa shape index (κ1) is 11.2. The van der Waals surface area contributed by atoms with E-state index in [0.29, 0.717) is 5.03 Å². The number of anilines is 1. The number of thioether (sulfide) groups is 1. The van der Waals surface area contributed by atoms with Crippen LogP contribution in [0.15, 0.2) is 5.03 Å². The van der Waals surface area contributed by atoms with Crippen LogP contribution in [0.4, 0.5) is 5.82 Å². The van der Waals surface area contributed by atoms with Crippen LogP contribution in [0.3, 0.4) is 0 Å². The summed E-state index contributed by atoms with van der Waals surface area (Å²) in [6, 6.07) is 3.83. The number of rotatable bonds is 2. The summed E-state index contributed by atoms with van der Waals surface area (Å²) in [5.41, 5.74) is 0.450. The summed E-state index contributed by atoms with van der Waals surface area (Å²) in [6.07, 6.45) is 1.78. The van der Waals surface area contributed by atoms with Gasteiger partial charge in [0.1, 0.15) is 29.1 Å². The van der Waals surface area contributed by atoms with Crippen molar-refractivity contribution in [1.29, 1.82) is 10.5 Å². The van der Waals surface area contributed by atoms with Crippen molar-refractivity contribution in [2.75, 3.05) is 11.6 Å². The number of carbonyl (C=O) groups is 1. The van der Waals surface area contributed by atoms with E-state index in [9.17, 15) is 4.79 Å². The highest BCUT2D eigenvalue weighted by Crippen LogP contribution is 2.27. The molecule has 1 aromatic heterocycles. The first-order valence-electron chi connectivity index (χ1n) is 4.01. The number of hydrogen-bond donors (Lipinski definition) is 2. The highest BCUT2D eigenvalue weighted by atomic mass is 32.2. The van der Waals surface area contributed by atoms with Gasteiger partial charge in [0.25, 0.3) is 0 Å². The monoisotopic (exact) mass is 220 g/mol. The molecule has 0 aliphatic carbocycles.